The summed E-state index contributed by atoms with van der Waals surface area (Å²) in [7, 11) is 1.64. The molecule has 0 bridgehead atoms. The Morgan fingerprint density at radius 2 is 1.88 bits per heavy atom. The highest BCUT2D eigenvalue weighted by atomic mass is 16.5. The predicted octanol–water partition coefficient (Wildman–Crippen LogP) is 3.48. The molecule has 1 unspecified atom stereocenters. The van der Waals surface area contributed by atoms with E-state index in [1.165, 1.54) is 0 Å². The van der Waals surface area contributed by atoms with E-state index in [0.717, 1.165) is 16.9 Å². The van der Waals surface area contributed by atoms with E-state index in [0.29, 0.717) is 25.3 Å². The molecule has 130 valence electrons. The normalized spacial score (nSPS) is 18.1. The highest BCUT2D eigenvalue weighted by Crippen LogP contribution is 2.26. The average Bonchev–Trinajstić information content (AvgIpc) is 2.66. The highest BCUT2D eigenvalue weighted by molar-refractivity contribution is 6.24. The van der Waals surface area contributed by atoms with Gasteiger partial charge in [-0.05, 0) is 24.6 Å². The Kier molecular flexibility index (Phi) is 5.51. The Labute approximate surface area is 148 Å². The number of morpholine rings is 1. The van der Waals surface area contributed by atoms with Crippen LogP contribution in [0.15, 0.2) is 54.6 Å². The van der Waals surface area contributed by atoms with Gasteiger partial charge in [-0.3, -0.25) is 4.79 Å². The molecule has 0 aromatic heterocycles. The van der Waals surface area contributed by atoms with Crippen molar-refractivity contribution in [2.45, 2.75) is 13.0 Å². The second kappa shape index (κ2) is 7.99. The van der Waals surface area contributed by atoms with Gasteiger partial charge in [0.15, 0.2) is 0 Å². The van der Waals surface area contributed by atoms with Crippen LogP contribution in [-0.4, -0.2) is 43.7 Å². The third-order valence-electron chi connectivity index (χ3n) is 4.28. The molecule has 0 N–H and O–H groups in total. The summed E-state index contributed by atoms with van der Waals surface area (Å²) in [5.41, 5.74) is 2.45. The van der Waals surface area contributed by atoms with Crippen LogP contribution in [-0.2, 0) is 9.53 Å². The lowest BCUT2D eigenvalue weighted by molar-refractivity contribution is -0.131. The van der Waals surface area contributed by atoms with Crippen LogP contribution in [0.1, 0.15) is 18.1 Å². The molecule has 1 atom stereocenters. The van der Waals surface area contributed by atoms with Gasteiger partial charge in [-0.25, -0.2) is 0 Å². The smallest absolute Gasteiger partial charge is 0.254 e. The molecule has 2 aromatic rings. The summed E-state index contributed by atoms with van der Waals surface area (Å²) in [5.74, 6) is 0.770. The quantitative estimate of drug-likeness (QED) is 0.633. The number of amides is 1. The van der Waals surface area contributed by atoms with Gasteiger partial charge in [-0.15, -0.1) is 0 Å². The van der Waals surface area contributed by atoms with Crippen LogP contribution in [0, 0.1) is 0 Å². The molecule has 0 aliphatic carbocycles. The van der Waals surface area contributed by atoms with Crippen LogP contribution >= 0.6 is 0 Å². The van der Waals surface area contributed by atoms with Crippen molar-refractivity contribution in [3.05, 3.63) is 65.7 Å². The Hall–Kier alpha value is -2.59. The fraction of sp³-hybridized carbons (Fsp3) is 0.286. The van der Waals surface area contributed by atoms with E-state index in [9.17, 15) is 4.79 Å². The van der Waals surface area contributed by atoms with Gasteiger partial charge in [-0.1, -0.05) is 48.5 Å². The van der Waals surface area contributed by atoms with Crippen molar-refractivity contribution >= 4 is 17.6 Å². The largest absolute Gasteiger partial charge is 0.496 e. The van der Waals surface area contributed by atoms with Crippen molar-refractivity contribution in [3.8, 4) is 5.75 Å². The third kappa shape index (κ3) is 4.09. The monoisotopic (exact) mass is 337 g/mol. The summed E-state index contributed by atoms with van der Waals surface area (Å²) in [6, 6.07) is 17.5. The van der Waals surface area contributed by atoms with Crippen LogP contribution in [0.5, 0.6) is 5.75 Å². The Bertz CT molecular complexity index is 755. The second-order valence-electron chi connectivity index (χ2n) is 6.10. The molecular formula is C21H23NO3. The summed E-state index contributed by atoms with van der Waals surface area (Å²) in [4.78, 5) is 15.1. The van der Waals surface area contributed by atoms with Gasteiger partial charge in [0.25, 0.3) is 5.91 Å². The molecule has 1 amide bonds. The lowest BCUT2D eigenvalue weighted by atomic mass is 10.0. The molecule has 4 nitrogen and oxygen atoms in total. The van der Waals surface area contributed by atoms with Gasteiger partial charge < -0.3 is 14.4 Å². The standard InChI is InChI=1S/C21H23NO3/c1-16-15-22(12-13-25-16)21(23)19(17-8-4-3-5-9-17)14-18-10-6-7-11-20(18)24-2/h3-11,14,16H,12-13,15H2,1-2H3/b19-14+. The van der Waals surface area contributed by atoms with E-state index in [1.807, 2.05) is 72.5 Å². The number of carbonyl (C=O) groups excluding carboxylic acids is 1. The molecule has 0 radical (unpaired) electrons. The lowest BCUT2D eigenvalue weighted by Crippen LogP contribution is -2.44. The van der Waals surface area contributed by atoms with Crippen LogP contribution in [0.25, 0.3) is 11.6 Å². The topological polar surface area (TPSA) is 38.8 Å². The Morgan fingerprint density at radius 1 is 1.16 bits per heavy atom. The maximum absolute atomic E-state index is 13.2. The highest BCUT2D eigenvalue weighted by Gasteiger charge is 2.25. The average molecular weight is 337 g/mol. The first kappa shape index (κ1) is 17.2. The van der Waals surface area contributed by atoms with Crippen molar-refractivity contribution in [2.75, 3.05) is 26.8 Å². The first-order chi connectivity index (χ1) is 12.2. The molecule has 1 fully saturated rings. The molecule has 1 saturated heterocycles. The van der Waals surface area contributed by atoms with Gasteiger partial charge in [0.1, 0.15) is 5.75 Å². The number of methoxy groups -OCH3 is 1. The minimum Gasteiger partial charge on any atom is -0.496 e. The van der Waals surface area contributed by atoms with Crippen molar-refractivity contribution in [2.24, 2.45) is 0 Å². The summed E-state index contributed by atoms with van der Waals surface area (Å²) in [6.45, 7) is 3.78. The zero-order valence-corrected chi connectivity index (χ0v) is 14.6. The summed E-state index contributed by atoms with van der Waals surface area (Å²) in [6.07, 6.45) is 1.97. The fourth-order valence-corrected chi connectivity index (χ4v) is 3.00. The summed E-state index contributed by atoms with van der Waals surface area (Å²) >= 11 is 0. The number of hydrogen-bond acceptors (Lipinski definition) is 3. The molecule has 4 heteroatoms. The summed E-state index contributed by atoms with van der Waals surface area (Å²) < 4.78 is 11.0. The predicted molar refractivity (Wildman–Crippen MR) is 99.3 cm³/mol. The first-order valence-corrected chi connectivity index (χ1v) is 8.50. The van der Waals surface area contributed by atoms with Gasteiger partial charge in [-0.2, -0.15) is 0 Å². The van der Waals surface area contributed by atoms with Crippen molar-refractivity contribution < 1.29 is 14.3 Å². The number of carbonyl (C=O) groups is 1. The van der Waals surface area contributed by atoms with Crippen molar-refractivity contribution in [1.82, 2.24) is 4.90 Å². The van der Waals surface area contributed by atoms with E-state index in [4.69, 9.17) is 9.47 Å². The van der Waals surface area contributed by atoms with Gasteiger partial charge in [0.2, 0.25) is 0 Å². The SMILES string of the molecule is COc1ccccc1/C=C(/C(=O)N1CCOC(C)C1)c1ccccc1. The van der Waals surface area contributed by atoms with Crippen molar-refractivity contribution in [3.63, 3.8) is 0 Å². The number of nitrogens with zero attached hydrogens (tertiary/aromatic N) is 1. The van der Waals surface area contributed by atoms with Crippen LogP contribution < -0.4 is 4.74 Å². The number of hydrogen-bond donors (Lipinski definition) is 0. The third-order valence-corrected chi connectivity index (χ3v) is 4.28. The van der Waals surface area contributed by atoms with E-state index in [2.05, 4.69) is 0 Å². The molecule has 3 rings (SSSR count). The zero-order chi connectivity index (χ0) is 17.6. The van der Waals surface area contributed by atoms with Crippen LogP contribution in [0.3, 0.4) is 0 Å². The van der Waals surface area contributed by atoms with Gasteiger partial charge in [0.05, 0.1) is 19.8 Å². The van der Waals surface area contributed by atoms with Crippen LogP contribution in [0.2, 0.25) is 0 Å². The molecule has 0 spiro atoms. The Morgan fingerprint density at radius 3 is 2.60 bits per heavy atom. The Balaban J connectivity index is 2.01. The fourth-order valence-electron chi connectivity index (χ4n) is 3.00. The molecule has 25 heavy (non-hydrogen) atoms. The first-order valence-electron chi connectivity index (χ1n) is 8.50. The van der Waals surface area contributed by atoms with E-state index < -0.39 is 0 Å². The summed E-state index contributed by atoms with van der Waals surface area (Å²) in [5, 5.41) is 0. The zero-order valence-electron chi connectivity index (χ0n) is 14.6. The van der Waals surface area contributed by atoms with Crippen molar-refractivity contribution in [1.29, 1.82) is 0 Å². The van der Waals surface area contributed by atoms with Gasteiger partial charge >= 0.3 is 0 Å². The molecule has 1 aliphatic rings. The maximum Gasteiger partial charge on any atom is 0.254 e. The number of ether oxygens (including phenoxy) is 2. The van der Waals surface area contributed by atoms with E-state index >= 15 is 0 Å². The molecule has 2 aromatic carbocycles. The minimum atomic E-state index is 0.0206. The molecule has 1 aliphatic heterocycles. The number of benzene rings is 2. The van der Waals surface area contributed by atoms with E-state index in [-0.39, 0.29) is 12.0 Å². The molecular weight excluding hydrogens is 314 g/mol. The van der Waals surface area contributed by atoms with Gasteiger partial charge in [0, 0.05) is 24.2 Å². The number of para-hydroxylation sites is 1. The minimum absolute atomic E-state index is 0.0206. The van der Waals surface area contributed by atoms with Crippen LogP contribution in [0.4, 0.5) is 0 Å². The number of rotatable bonds is 4. The van der Waals surface area contributed by atoms with E-state index in [1.54, 1.807) is 7.11 Å². The lowest BCUT2D eigenvalue weighted by Gasteiger charge is -2.32. The molecule has 0 saturated carbocycles. The molecule has 1 heterocycles. The maximum atomic E-state index is 13.2. The second-order valence-corrected chi connectivity index (χ2v) is 6.10.